The first-order valence-corrected chi connectivity index (χ1v) is 6.66. The third-order valence-corrected chi connectivity index (χ3v) is 3.47. The number of hydrogen-bond donors (Lipinski definition) is 1. The van der Waals surface area contributed by atoms with E-state index in [0.29, 0.717) is 30.3 Å². The van der Waals surface area contributed by atoms with Crippen LogP contribution < -0.4 is 9.47 Å². The molecule has 3 rings (SSSR count). The number of halogens is 3. The Labute approximate surface area is 124 Å². The minimum atomic E-state index is -1.28. The van der Waals surface area contributed by atoms with Gasteiger partial charge >= 0.3 is 0 Å². The van der Waals surface area contributed by atoms with Crippen LogP contribution >= 0.6 is 11.6 Å². The summed E-state index contributed by atoms with van der Waals surface area (Å²) in [7, 11) is 0. The molecule has 0 amide bonds. The van der Waals surface area contributed by atoms with Gasteiger partial charge in [0, 0.05) is 11.6 Å². The molecule has 1 atom stereocenters. The van der Waals surface area contributed by atoms with Crippen molar-refractivity contribution in [1.29, 1.82) is 0 Å². The number of aliphatic hydroxyl groups excluding tert-OH is 1. The van der Waals surface area contributed by atoms with Gasteiger partial charge in [0.25, 0.3) is 0 Å². The highest BCUT2D eigenvalue weighted by atomic mass is 35.5. The van der Waals surface area contributed by atoms with Gasteiger partial charge < -0.3 is 14.6 Å². The number of rotatable bonds is 2. The predicted octanol–water partition coefficient (Wildman–Crippen LogP) is 3.47. The van der Waals surface area contributed by atoms with Crippen LogP contribution in [-0.2, 0) is 0 Å². The van der Waals surface area contributed by atoms with E-state index in [1.165, 1.54) is 18.2 Å². The summed E-state index contributed by atoms with van der Waals surface area (Å²) in [6, 6.07) is 6.01. The molecule has 0 aromatic heterocycles. The first-order chi connectivity index (χ1) is 10.1. The lowest BCUT2D eigenvalue weighted by atomic mass is 10.0. The third kappa shape index (κ3) is 2.66. The molecule has 110 valence electrons. The average molecular weight is 313 g/mol. The molecule has 1 aliphatic heterocycles. The number of ether oxygens (including phenoxy) is 2. The largest absolute Gasteiger partial charge is 0.486 e. The molecule has 1 unspecified atom stereocenters. The van der Waals surface area contributed by atoms with Gasteiger partial charge in [0.15, 0.2) is 11.5 Å². The van der Waals surface area contributed by atoms with Crippen LogP contribution in [0.15, 0.2) is 30.3 Å². The summed E-state index contributed by atoms with van der Waals surface area (Å²) < 4.78 is 37.4. The summed E-state index contributed by atoms with van der Waals surface area (Å²) in [6.45, 7) is 0.759. The molecule has 0 radical (unpaired) electrons. The molecule has 0 bridgehead atoms. The highest BCUT2D eigenvalue weighted by Gasteiger charge is 2.22. The molecule has 1 aliphatic rings. The molecule has 1 heterocycles. The topological polar surface area (TPSA) is 38.7 Å². The number of fused-ring (bicyclic) bond motifs is 1. The van der Waals surface area contributed by atoms with Crippen LogP contribution in [-0.4, -0.2) is 18.3 Å². The zero-order valence-corrected chi connectivity index (χ0v) is 11.5. The predicted molar refractivity (Wildman–Crippen MR) is 72.9 cm³/mol. The number of aliphatic hydroxyl groups is 1. The van der Waals surface area contributed by atoms with Crippen molar-refractivity contribution in [2.24, 2.45) is 0 Å². The SMILES string of the molecule is OC(c1cc(Cl)c2c(c1)OCCO2)c1ccc(F)cc1F. The zero-order chi connectivity index (χ0) is 15.0. The second-order valence-corrected chi connectivity index (χ2v) is 5.00. The van der Waals surface area contributed by atoms with Gasteiger partial charge in [-0.15, -0.1) is 0 Å². The molecule has 2 aromatic rings. The summed E-state index contributed by atoms with van der Waals surface area (Å²) >= 11 is 6.07. The molecule has 6 heteroatoms. The van der Waals surface area contributed by atoms with Gasteiger partial charge in [-0.25, -0.2) is 8.78 Å². The smallest absolute Gasteiger partial charge is 0.179 e. The van der Waals surface area contributed by atoms with E-state index >= 15 is 0 Å². The summed E-state index contributed by atoms with van der Waals surface area (Å²) in [5.41, 5.74) is 0.305. The van der Waals surface area contributed by atoms with E-state index in [1.54, 1.807) is 0 Å². The summed E-state index contributed by atoms with van der Waals surface area (Å²) in [4.78, 5) is 0. The fourth-order valence-electron chi connectivity index (χ4n) is 2.19. The standard InChI is InChI=1S/C15H11ClF2O3/c16-11-5-8(6-13-15(11)21-4-3-20-13)14(19)10-2-1-9(17)7-12(10)18/h1-2,5-7,14,19H,3-4H2. The first kappa shape index (κ1) is 14.1. The van der Waals surface area contributed by atoms with Gasteiger partial charge in [0.2, 0.25) is 0 Å². The van der Waals surface area contributed by atoms with E-state index in [-0.39, 0.29) is 10.6 Å². The molecule has 0 saturated heterocycles. The summed E-state index contributed by atoms with van der Waals surface area (Å²) in [5, 5.41) is 10.5. The molecule has 1 N–H and O–H groups in total. The van der Waals surface area contributed by atoms with Crippen molar-refractivity contribution in [2.75, 3.05) is 13.2 Å². The summed E-state index contributed by atoms with van der Waals surface area (Å²) in [5.74, 6) is -0.735. The van der Waals surface area contributed by atoms with E-state index in [9.17, 15) is 13.9 Å². The molecular weight excluding hydrogens is 302 g/mol. The van der Waals surface area contributed by atoms with Gasteiger partial charge in [-0.3, -0.25) is 0 Å². The van der Waals surface area contributed by atoms with E-state index in [0.717, 1.165) is 12.1 Å². The molecule has 0 fully saturated rings. The van der Waals surface area contributed by atoms with Crippen LogP contribution in [0.3, 0.4) is 0 Å². The van der Waals surface area contributed by atoms with Crippen molar-refractivity contribution in [2.45, 2.75) is 6.10 Å². The second-order valence-electron chi connectivity index (χ2n) is 4.60. The highest BCUT2D eigenvalue weighted by molar-refractivity contribution is 6.32. The van der Waals surface area contributed by atoms with Gasteiger partial charge in [0.05, 0.1) is 5.02 Å². The molecule has 0 spiro atoms. The fraction of sp³-hybridized carbons (Fsp3) is 0.200. The average Bonchev–Trinajstić information content (AvgIpc) is 2.46. The number of hydrogen-bond acceptors (Lipinski definition) is 3. The van der Waals surface area contributed by atoms with Gasteiger partial charge in [-0.1, -0.05) is 17.7 Å². The Hall–Kier alpha value is -1.85. The Morgan fingerprint density at radius 3 is 2.62 bits per heavy atom. The quantitative estimate of drug-likeness (QED) is 0.923. The van der Waals surface area contributed by atoms with Crippen molar-refractivity contribution in [3.05, 3.63) is 58.1 Å². The van der Waals surface area contributed by atoms with Crippen LogP contribution in [0, 0.1) is 11.6 Å². The first-order valence-electron chi connectivity index (χ1n) is 6.28. The Kier molecular flexibility index (Phi) is 3.69. The normalized spacial score (nSPS) is 14.9. The minimum absolute atomic E-state index is 0.0378. The third-order valence-electron chi connectivity index (χ3n) is 3.19. The Morgan fingerprint density at radius 1 is 1.10 bits per heavy atom. The number of benzene rings is 2. The maximum Gasteiger partial charge on any atom is 0.179 e. The molecule has 0 aliphatic carbocycles. The highest BCUT2D eigenvalue weighted by Crippen LogP contribution is 2.40. The molecule has 0 saturated carbocycles. The van der Waals surface area contributed by atoms with Crippen LogP contribution in [0.5, 0.6) is 11.5 Å². The lowest BCUT2D eigenvalue weighted by Gasteiger charge is -2.21. The zero-order valence-electron chi connectivity index (χ0n) is 10.8. The second kappa shape index (κ2) is 5.50. The van der Waals surface area contributed by atoms with E-state index in [2.05, 4.69) is 0 Å². The van der Waals surface area contributed by atoms with Crippen molar-refractivity contribution in [3.63, 3.8) is 0 Å². The lowest BCUT2D eigenvalue weighted by molar-refractivity contribution is 0.169. The van der Waals surface area contributed by atoms with Gasteiger partial charge in [-0.2, -0.15) is 0 Å². The molecular formula is C15H11ClF2O3. The van der Waals surface area contributed by atoms with Crippen LogP contribution in [0.1, 0.15) is 17.2 Å². The Bertz CT molecular complexity index is 691. The summed E-state index contributed by atoms with van der Waals surface area (Å²) in [6.07, 6.45) is -1.28. The van der Waals surface area contributed by atoms with Crippen molar-refractivity contribution >= 4 is 11.6 Å². The van der Waals surface area contributed by atoms with E-state index < -0.39 is 17.7 Å². The molecule has 21 heavy (non-hydrogen) atoms. The van der Waals surface area contributed by atoms with Gasteiger partial charge in [-0.05, 0) is 23.8 Å². The Morgan fingerprint density at radius 2 is 1.86 bits per heavy atom. The van der Waals surface area contributed by atoms with Crippen molar-refractivity contribution < 1.29 is 23.4 Å². The molecule has 3 nitrogen and oxygen atoms in total. The Balaban J connectivity index is 2.01. The molecule has 2 aromatic carbocycles. The van der Waals surface area contributed by atoms with Crippen LogP contribution in [0.4, 0.5) is 8.78 Å². The van der Waals surface area contributed by atoms with Gasteiger partial charge in [0.1, 0.15) is 31.0 Å². The van der Waals surface area contributed by atoms with Crippen molar-refractivity contribution in [3.8, 4) is 11.5 Å². The van der Waals surface area contributed by atoms with E-state index in [4.69, 9.17) is 21.1 Å². The van der Waals surface area contributed by atoms with Crippen molar-refractivity contribution in [1.82, 2.24) is 0 Å². The van der Waals surface area contributed by atoms with Crippen LogP contribution in [0.2, 0.25) is 5.02 Å². The lowest BCUT2D eigenvalue weighted by Crippen LogP contribution is -2.16. The van der Waals surface area contributed by atoms with Crippen LogP contribution in [0.25, 0.3) is 0 Å². The fourth-order valence-corrected chi connectivity index (χ4v) is 2.47. The van der Waals surface area contributed by atoms with E-state index in [1.807, 2.05) is 0 Å². The maximum absolute atomic E-state index is 13.7. The monoisotopic (exact) mass is 312 g/mol. The maximum atomic E-state index is 13.7. The minimum Gasteiger partial charge on any atom is -0.486 e.